The third-order valence-corrected chi connectivity index (χ3v) is 3.56. The van der Waals surface area contributed by atoms with Gasteiger partial charge in [0.05, 0.1) is 7.11 Å². The fourth-order valence-electron chi connectivity index (χ4n) is 1.71. The van der Waals surface area contributed by atoms with Crippen molar-refractivity contribution in [3.8, 4) is 11.5 Å². The molecular formula is C16H14BrFO4. The van der Waals surface area contributed by atoms with Crippen molar-refractivity contribution >= 4 is 21.9 Å². The summed E-state index contributed by atoms with van der Waals surface area (Å²) >= 11 is 3.21. The van der Waals surface area contributed by atoms with Gasteiger partial charge in [0.25, 0.3) is 0 Å². The fourth-order valence-corrected chi connectivity index (χ4v) is 2.18. The quantitative estimate of drug-likeness (QED) is 0.729. The second kappa shape index (κ2) is 7.79. The van der Waals surface area contributed by atoms with Gasteiger partial charge < -0.3 is 14.2 Å². The molecule has 0 unspecified atom stereocenters. The number of para-hydroxylation sites is 2. The van der Waals surface area contributed by atoms with E-state index in [-0.39, 0.29) is 19.0 Å². The molecule has 0 radical (unpaired) electrons. The van der Waals surface area contributed by atoms with Gasteiger partial charge in [-0.05, 0) is 24.3 Å². The van der Waals surface area contributed by atoms with Crippen LogP contribution in [0.25, 0.3) is 0 Å². The molecule has 0 amide bonds. The SMILES string of the molecule is COc1ccccc1OCC(=O)OCc1ccc(F)cc1Br. The van der Waals surface area contributed by atoms with E-state index in [1.807, 2.05) is 0 Å². The Kier molecular flexibility index (Phi) is 5.77. The van der Waals surface area contributed by atoms with Gasteiger partial charge in [-0.2, -0.15) is 0 Å². The average molecular weight is 369 g/mol. The first-order chi connectivity index (χ1) is 10.6. The molecule has 2 aromatic carbocycles. The lowest BCUT2D eigenvalue weighted by Gasteiger charge is -2.10. The minimum absolute atomic E-state index is 0.0367. The Morgan fingerprint density at radius 2 is 1.91 bits per heavy atom. The lowest BCUT2D eigenvalue weighted by molar-refractivity contribution is -0.147. The van der Waals surface area contributed by atoms with E-state index in [9.17, 15) is 9.18 Å². The summed E-state index contributed by atoms with van der Waals surface area (Å²) in [5, 5.41) is 0. The van der Waals surface area contributed by atoms with E-state index in [1.54, 1.807) is 30.3 Å². The summed E-state index contributed by atoms with van der Waals surface area (Å²) in [6.07, 6.45) is 0. The van der Waals surface area contributed by atoms with Gasteiger partial charge >= 0.3 is 5.97 Å². The smallest absolute Gasteiger partial charge is 0.344 e. The summed E-state index contributed by atoms with van der Waals surface area (Å²) in [4.78, 5) is 11.7. The molecule has 2 rings (SSSR count). The molecule has 0 atom stereocenters. The Labute approximate surface area is 135 Å². The van der Waals surface area contributed by atoms with Crippen LogP contribution in [0.1, 0.15) is 5.56 Å². The normalized spacial score (nSPS) is 10.1. The Bertz CT molecular complexity index is 660. The van der Waals surface area contributed by atoms with Crippen LogP contribution >= 0.6 is 15.9 Å². The second-order valence-electron chi connectivity index (χ2n) is 4.34. The van der Waals surface area contributed by atoms with Crippen molar-refractivity contribution in [3.05, 3.63) is 58.3 Å². The standard InChI is InChI=1S/C16H14BrFO4/c1-20-14-4-2-3-5-15(14)21-10-16(19)22-9-11-6-7-12(18)8-13(11)17/h2-8H,9-10H2,1H3. The van der Waals surface area contributed by atoms with E-state index in [1.165, 1.54) is 19.2 Å². The van der Waals surface area contributed by atoms with Crippen molar-refractivity contribution < 1.29 is 23.4 Å². The Morgan fingerprint density at radius 3 is 2.59 bits per heavy atom. The molecule has 0 saturated carbocycles. The molecule has 2 aromatic rings. The van der Waals surface area contributed by atoms with Crippen LogP contribution in [-0.4, -0.2) is 19.7 Å². The number of carbonyl (C=O) groups is 1. The van der Waals surface area contributed by atoms with Gasteiger partial charge in [-0.15, -0.1) is 0 Å². The molecule has 0 aromatic heterocycles. The molecular weight excluding hydrogens is 355 g/mol. The number of carbonyl (C=O) groups excluding carboxylic acids is 1. The van der Waals surface area contributed by atoms with Crippen LogP contribution in [0.2, 0.25) is 0 Å². The monoisotopic (exact) mass is 368 g/mol. The first-order valence-electron chi connectivity index (χ1n) is 6.45. The van der Waals surface area contributed by atoms with Crippen molar-refractivity contribution in [2.45, 2.75) is 6.61 Å². The zero-order valence-corrected chi connectivity index (χ0v) is 13.4. The first kappa shape index (κ1) is 16.3. The molecule has 0 aliphatic carbocycles. The van der Waals surface area contributed by atoms with E-state index in [0.29, 0.717) is 21.5 Å². The third-order valence-electron chi connectivity index (χ3n) is 2.82. The maximum absolute atomic E-state index is 13.0. The zero-order valence-electron chi connectivity index (χ0n) is 11.8. The number of hydrogen-bond acceptors (Lipinski definition) is 4. The minimum atomic E-state index is -0.526. The van der Waals surface area contributed by atoms with E-state index < -0.39 is 5.97 Å². The van der Waals surface area contributed by atoms with Crippen molar-refractivity contribution in [2.24, 2.45) is 0 Å². The Morgan fingerprint density at radius 1 is 1.18 bits per heavy atom. The Balaban J connectivity index is 1.85. The van der Waals surface area contributed by atoms with Crippen molar-refractivity contribution in [1.82, 2.24) is 0 Å². The molecule has 0 saturated heterocycles. The molecule has 0 heterocycles. The third kappa shape index (κ3) is 4.46. The minimum Gasteiger partial charge on any atom is -0.493 e. The highest BCUT2D eigenvalue weighted by atomic mass is 79.9. The number of esters is 1. The summed E-state index contributed by atoms with van der Waals surface area (Å²) in [5.74, 6) is 0.116. The summed E-state index contributed by atoms with van der Waals surface area (Å²) in [6.45, 7) is -0.200. The van der Waals surface area contributed by atoms with Crippen LogP contribution in [0.4, 0.5) is 4.39 Å². The van der Waals surface area contributed by atoms with Crippen molar-refractivity contribution in [1.29, 1.82) is 0 Å². The van der Waals surface area contributed by atoms with E-state index in [4.69, 9.17) is 14.2 Å². The van der Waals surface area contributed by atoms with Gasteiger partial charge in [-0.1, -0.05) is 34.1 Å². The van der Waals surface area contributed by atoms with Crippen molar-refractivity contribution in [2.75, 3.05) is 13.7 Å². The first-order valence-corrected chi connectivity index (χ1v) is 7.25. The zero-order chi connectivity index (χ0) is 15.9. The number of rotatable bonds is 6. The number of benzene rings is 2. The van der Waals surface area contributed by atoms with E-state index in [2.05, 4.69) is 15.9 Å². The van der Waals surface area contributed by atoms with E-state index in [0.717, 1.165) is 0 Å². The van der Waals surface area contributed by atoms with Crippen LogP contribution in [0.5, 0.6) is 11.5 Å². The summed E-state index contributed by atoms with van der Waals surface area (Å²) in [7, 11) is 1.52. The molecule has 0 spiro atoms. The number of ether oxygens (including phenoxy) is 3. The largest absolute Gasteiger partial charge is 0.493 e. The number of halogens is 2. The highest BCUT2D eigenvalue weighted by molar-refractivity contribution is 9.10. The molecule has 0 N–H and O–H groups in total. The van der Waals surface area contributed by atoms with Gasteiger partial charge in [0.2, 0.25) is 0 Å². The number of hydrogen-bond donors (Lipinski definition) is 0. The van der Waals surface area contributed by atoms with Crippen LogP contribution < -0.4 is 9.47 Å². The van der Waals surface area contributed by atoms with Gasteiger partial charge in [-0.25, -0.2) is 9.18 Å². The van der Waals surface area contributed by atoms with Gasteiger partial charge in [-0.3, -0.25) is 0 Å². The maximum atomic E-state index is 13.0. The molecule has 6 heteroatoms. The van der Waals surface area contributed by atoms with Gasteiger partial charge in [0.15, 0.2) is 18.1 Å². The fraction of sp³-hybridized carbons (Fsp3) is 0.188. The van der Waals surface area contributed by atoms with Gasteiger partial charge in [0.1, 0.15) is 12.4 Å². The molecule has 116 valence electrons. The molecule has 0 fully saturated rings. The number of methoxy groups -OCH3 is 1. The molecule has 22 heavy (non-hydrogen) atoms. The lowest BCUT2D eigenvalue weighted by Crippen LogP contribution is -2.15. The summed E-state index contributed by atoms with van der Waals surface area (Å²) < 4.78 is 29.1. The topological polar surface area (TPSA) is 44.8 Å². The molecule has 4 nitrogen and oxygen atoms in total. The predicted octanol–water partition coefficient (Wildman–Crippen LogP) is 3.72. The van der Waals surface area contributed by atoms with Crippen LogP contribution in [0.15, 0.2) is 46.9 Å². The molecule has 0 aliphatic heterocycles. The van der Waals surface area contributed by atoms with Crippen LogP contribution in [0.3, 0.4) is 0 Å². The van der Waals surface area contributed by atoms with Crippen LogP contribution in [-0.2, 0) is 16.1 Å². The highest BCUT2D eigenvalue weighted by Gasteiger charge is 2.09. The molecule has 0 aliphatic rings. The maximum Gasteiger partial charge on any atom is 0.344 e. The molecule has 0 bridgehead atoms. The summed E-state index contributed by atoms with van der Waals surface area (Å²) in [5.41, 5.74) is 0.673. The van der Waals surface area contributed by atoms with Gasteiger partial charge in [0, 0.05) is 10.0 Å². The highest BCUT2D eigenvalue weighted by Crippen LogP contribution is 2.25. The lowest BCUT2D eigenvalue weighted by atomic mass is 10.2. The Hall–Kier alpha value is -2.08. The van der Waals surface area contributed by atoms with Crippen molar-refractivity contribution in [3.63, 3.8) is 0 Å². The van der Waals surface area contributed by atoms with Crippen LogP contribution in [0, 0.1) is 5.82 Å². The predicted molar refractivity (Wildman–Crippen MR) is 82.4 cm³/mol. The van der Waals surface area contributed by atoms with E-state index >= 15 is 0 Å². The second-order valence-corrected chi connectivity index (χ2v) is 5.19. The average Bonchev–Trinajstić information content (AvgIpc) is 2.52. The summed E-state index contributed by atoms with van der Waals surface area (Å²) in [6, 6.07) is 11.2.